The van der Waals surface area contributed by atoms with Crippen LogP contribution in [0.2, 0.25) is 0 Å². The minimum Gasteiger partial charge on any atom is -0.377 e. The van der Waals surface area contributed by atoms with E-state index in [1.807, 2.05) is 24.5 Å². The maximum Gasteiger partial charge on any atom is 0.165 e. The molecule has 148 valence electrons. The van der Waals surface area contributed by atoms with Gasteiger partial charge in [0.2, 0.25) is 0 Å². The van der Waals surface area contributed by atoms with Crippen molar-refractivity contribution in [3.8, 4) is 11.1 Å². The molecule has 1 saturated carbocycles. The minimum absolute atomic E-state index is 0.170. The Balaban J connectivity index is 1.76. The lowest BCUT2D eigenvalue weighted by molar-refractivity contribution is 0.0985. The van der Waals surface area contributed by atoms with Gasteiger partial charge in [-0.1, -0.05) is 0 Å². The van der Waals surface area contributed by atoms with Gasteiger partial charge in [0.15, 0.2) is 15.5 Å². The molecule has 1 aliphatic heterocycles. The maximum absolute atomic E-state index is 12.6. The number of nitrogens with zero attached hydrogens (tertiary/aromatic N) is 4. The summed E-state index contributed by atoms with van der Waals surface area (Å²) in [5.74, 6) is 0.783. The van der Waals surface area contributed by atoms with Crippen LogP contribution in [0.1, 0.15) is 25.5 Å². The molecule has 0 spiro atoms. The zero-order valence-electron chi connectivity index (χ0n) is 15.9. The topological polar surface area (TPSA) is 92.6 Å². The van der Waals surface area contributed by atoms with Crippen molar-refractivity contribution in [2.24, 2.45) is 0 Å². The van der Waals surface area contributed by atoms with Gasteiger partial charge in [-0.3, -0.25) is 0 Å². The summed E-state index contributed by atoms with van der Waals surface area (Å²) >= 11 is 0. The van der Waals surface area contributed by atoms with E-state index in [-0.39, 0.29) is 6.04 Å². The van der Waals surface area contributed by atoms with E-state index in [1.165, 1.54) is 6.26 Å². The second-order valence-electron chi connectivity index (χ2n) is 7.78. The third-order valence-electron chi connectivity index (χ3n) is 5.91. The number of aromatic nitrogens is 4. The van der Waals surface area contributed by atoms with Crippen molar-refractivity contribution in [1.29, 1.82) is 0 Å². The van der Waals surface area contributed by atoms with Crippen LogP contribution in [0.15, 0.2) is 30.7 Å². The Morgan fingerprint density at radius 2 is 2.18 bits per heavy atom. The van der Waals surface area contributed by atoms with E-state index in [4.69, 9.17) is 9.72 Å². The SMILES string of the molecule is CC1COCCN1c1cc(C2(S(C)(=O)=O)CC2)n2ncc(-c3cc[nH]c3)c2n1. The Labute approximate surface area is 163 Å². The van der Waals surface area contributed by atoms with E-state index in [9.17, 15) is 8.42 Å². The molecule has 2 fully saturated rings. The molecular formula is C19H23N5O3S. The first-order chi connectivity index (χ1) is 13.4. The Morgan fingerprint density at radius 3 is 2.82 bits per heavy atom. The number of hydrogen-bond acceptors (Lipinski definition) is 6. The predicted molar refractivity (Wildman–Crippen MR) is 106 cm³/mol. The van der Waals surface area contributed by atoms with Crippen LogP contribution in [-0.2, 0) is 19.3 Å². The lowest BCUT2D eigenvalue weighted by atomic mass is 10.1. The van der Waals surface area contributed by atoms with Crippen molar-refractivity contribution >= 4 is 21.3 Å². The van der Waals surface area contributed by atoms with Crippen LogP contribution in [0.3, 0.4) is 0 Å². The van der Waals surface area contributed by atoms with E-state index in [1.54, 1.807) is 10.7 Å². The number of hydrogen-bond donors (Lipinski definition) is 1. The van der Waals surface area contributed by atoms with Crippen LogP contribution in [0, 0.1) is 0 Å². The number of aromatic amines is 1. The molecular weight excluding hydrogens is 378 g/mol. The van der Waals surface area contributed by atoms with Crippen molar-refractivity contribution in [3.05, 3.63) is 36.4 Å². The number of anilines is 1. The number of H-pyrrole nitrogens is 1. The molecule has 1 N–H and O–H groups in total. The Morgan fingerprint density at radius 1 is 1.36 bits per heavy atom. The van der Waals surface area contributed by atoms with Crippen molar-refractivity contribution in [3.63, 3.8) is 0 Å². The van der Waals surface area contributed by atoms with E-state index in [2.05, 4.69) is 21.9 Å². The molecule has 1 atom stereocenters. The fourth-order valence-corrected chi connectivity index (χ4v) is 5.48. The molecule has 8 nitrogen and oxygen atoms in total. The van der Waals surface area contributed by atoms with Crippen LogP contribution in [0.4, 0.5) is 5.82 Å². The van der Waals surface area contributed by atoms with Gasteiger partial charge >= 0.3 is 0 Å². The Bertz CT molecular complexity index is 1130. The monoisotopic (exact) mass is 401 g/mol. The summed E-state index contributed by atoms with van der Waals surface area (Å²) in [6.45, 7) is 4.08. The van der Waals surface area contributed by atoms with Gasteiger partial charge in [0.1, 0.15) is 10.6 Å². The van der Waals surface area contributed by atoms with Crippen LogP contribution < -0.4 is 4.90 Å². The van der Waals surface area contributed by atoms with Crippen LogP contribution in [0.25, 0.3) is 16.8 Å². The fourth-order valence-electron chi connectivity index (χ4n) is 4.11. The minimum atomic E-state index is -3.28. The van der Waals surface area contributed by atoms with Crippen LogP contribution >= 0.6 is 0 Å². The lowest BCUT2D eigenvalue weighted by Gasteiger charge is -2.34. The molecule has 1 saturated heterocycles. The van der Waals surface area contributed by atoms with E-state index < -0.39 is 14.6 Å². The zero-order chi connectivity index (χ0) is 19.5. The number of rotatable bonds is 4. The van der Waals surface area contributed by atoms with Gasteiger partial charge in [-0.25, -0.2) is 17.9 Å². The number of nitrogens with one attached hydrogen (secondary N) is 1. The van der Waals surface area contributed by atoms with Crippen molar-refractivity contribution in [1.82, 2.24) is 19.6 Å². The lowest BCUT2D eigenvalue weighted by Crippen LogP contribution is -2.44. The highest BCUT2D eigenvalue weighted by molar-refractivity contribution is 7.91. The van der Waals surface area contributed by atoms with Gasteiger partial charge in [0, 0.05) is 42.4 Å². The molecule has 1 unspecified atom stereocenters. The molecule has 0 radical (unpaired) electrons. The van der Waals surface area contributed by atoms with Gasteiger partial charge in [0.05, 0.1) is 31.1 Å². The normalized spacial score (nSPS) is 21.9. The van der Waals surface area contributed by atoms with E-state index in [0.29, 0.717) is 37.4 Å². The number of sulfone groups is 1. The largest absolute Gasteiger partial charge is 0.377 e. The highest BCUT2D eigenvalue weighted by atomic mass is 32.2. The highest BCUT2D eigenvalue weighted by Gasteiger charge is 2.55. The highest BCUT2D eigenvalue weighted by Crippen LogP contribution is 2.53. The quantitative estimate of drug-likeness (QED) is 0.719. The predicted octanol–water partition coefficient (Wildman–Crippen LogP) is 1.98. The average molecular weight is 401 g/mol. The summed E-state index contributed by atoms with van der Waals surface area (Å²) in [4.78, 5) is 10.2. The first-order valence-corrected chi connectivity index (χ1v) is 11.4. The molecule has 28 heavy (non-hydrogen) atoms. The maximum atomic E-state index is 12.6. The third kappa shape index (κ3) is 2.56. The molecule has 0 amide bonds. The summed E-state index contributed by atoms with van der Waals surface area (Å²) in [6, 6.07) is 4.05. The van der Waals surface area contributed by atoms with Crippen LogP contribution in [0.5, 0.6) is 0 Å². The van der Waals surface area contributed by atoms with Crippen molar-refractivity contribution in [2.75, 3.05) is 30.9 Å². The van der Waals surface area contributed by atoms with Gasteiger partial charge in [-0.05, 0) is 25.8 Å². The summed E-state index contributed by atoms with van der Waals surface area (Å²) < 4.78 is 31.7. The Hall–Kier alpha value is -2.39. The van der Waals surface area contributed by atoms with Crippen LogP contribution in [-0.4, -0.2) is 60.1 Å². The Kier molecular flexibility index (Phi) is 3.82. The molecule has 9 heteroatoms. The molecule has 2 aliphatic rings. The molecule has 0 bridgehead atoms. The van der Waals surface area contributed by atoms with Gasteiger partial charge in [0.25, 0.3) is 0 Å². The fraction of sp³-hybridized carbons (Fsp3) is 0.474. The standard InChI is InChI=1S/C19H23N5O3S/c1-13-12-27-8-7-23(13)17-9-16(19(4-5-19)28(2,25)26)24-18(22-17)15(11-21-24)14-3-6-20-10-14/h3,6,9-11,13,20H,4-5,7-8,12H2,1-2H3. The zero-order valence-corrected chi connectivity index (χ0v) is 16.7. The third-order valence-corrected chi connectivity index (χ3v) is 7.95. The molecule has 1 aliphatic carbocycles. The first-order valence-electron chi connectivity index (χ1n) is 9.47. The molecule has 5 rings (SSSR count). The second-order valence-corrected chi connectivity index (χ2v) is 10.1. The summed E-state index contributed by atoms with van der Waals surface area (Å²) in [6.07, 6.45) is 8.06. The molecule has 4 heterocycles. The number of ether oxygens (including phenoxy) is 1. The van der Waals surface area contributed by atoms with E-state index in [0.717, 1.165) is 23.5 Å². The van der Waals surface area contributed by atoms with Crippen molar-refractivity contribution < 1.29 is 13.2 Å². The summed E-state index contributed by atoms with van der Waals surface area (Å²) in [7, 11) is -3.28. The number of morpholine rings is 1. The smallest absolute Gasteiger partial charge is 0.165 e. The van der Waals surface area contributed by atoms with Crippen molar-refractivity contribution in [2.45, 2.75) is 30.6 Å². The van der Waals surface area contributed by atoms with Gasteiger partial charge < -0.3 is 14.6 Å². The summed E-state index contributed by atoms with van der Waals surface area (Å²) in [5, 5.41) is 4.53. The molecule has 3 aromatic heterocycles. The number of fused-ring (bicyclic) bond motifs is 1. The second kappa shape index (κ2) is 6.05. The van der Waals surface area contributed by atoms with Gasteiger partial charge in [-0.15, -0.1) is 0 Å². The molecule has 3 aromatic rings. The van der Waals surface area contributed by atoms with Gasteiger partial charge in [-0.2, -0.15) is 5.10 Å². The van der Waals surface area contributed by atoms with E-state index >= 15 is 0 Å². The first kappa shape index (κ1) is 17.7. The summed E-state index contributed by atoms with van der Waals surface area (Å²) in [5.41, 5.74) is 3.25. The average Bonchev–Trinajstić information content (AvgIpc) is 3.11. The molecule has 0 aromatic carbocycles.